The quantitative estimate of drug-likeness (QED) is 0.806. The zero-order valence-corrected chi connectivity index (χ0v) is 14.1. The molecule has 4 rings (SSSR count). The second-order valence-corrected chi connectivity index (χ2v) is 10.9. The number of fused-ring (bicyclic) bond motifs is 2. The SMILES string of the molecule is CCCN1CC2=C3S/C(S(N)(=O)=O)=C\C1CC(C2)S3(=O)=O. The Labute approximate surface area is 129 Å². The normalized spacial score (nSPS) is 34.5. The van der Waals surface area contributed by atoms with Crippen LogP contribution in [0.1, 0.15) is 26.2 Å². The molecule has 0 aliphatic carbocycles. The van der Waals surface area contributed by atoms with E-state index in [0.717, 1.165) is 30.3 Å². The third kappa shape index (κ3) is 2.59. The van der Waals surface area contributed by atoms with Crippen molar-refractivity contribution < 1.29 is 16.8 Å². The fraction of sp³-hybridized carbons (Fsp3) is 0.667. The summed E-state index contributed by atoms with van der Waals surface area (Å²) in [5, 5.41) is 4.83. The fourth-order valence-electron chi connectivity index (χ4n) is 3.21. The van der Waals surface area contributed by atoms with Crippen molar-refractivity contribution in [2.75, 3.05) is 13.1 Å². The molecule has 1 fully saturated rings. The maximum atomic E-state index is 12.5. The van der Waals surface area contributed by atoms with Crippen molar-refractivity contribution in [2.24, 2.45) is 5.14 Å². The predicted octanol–water partition coefficient (Wildman–Crippen LogP) is 0.746. The summed E-state index contributed by atoms with van der Waals surface area (Å²) in [5.41, 5.74) is 0.843. The molecule has 2 atom stereocenters. The molecule has 0 spiro atoms. The van der Waals surface area contributed by atoms with Gasteiger partial charge in [0.1, 0.15) is 8.47 Å². The van der Waals surface area contributed by atoms with Crippen LogP contribution in [0.15, 0.2) is 20.1 Å². The molecule has 0 saturated carbocycles. The molecule has 0 aromatic carbocycles. The Kier molecular flexibility index (Phi) is 3.77. The first-order valence-corrected chi connectivity index (χ1v) is 10.8. The molecule has 0 amide bonds. The number of rotatable bonds is 3. The first-order chi connectivity index (χ1) is 9.73. The van der Waals surface area contributed by atoms with E-state index in [2.05, 4.69) is 11.8 Å². The summed E-state index contributed by atoms with van der Waals surface area (Å²) in [5.74, 6) is 0. The molecule has 118 valence electrons. The summed E-state index contributed by atoms with van der Waals surface area (Å²) < 4.78 is 48.7. The maximum absolute atomic E-state index is 12.5. The van der Waals surface area contributed by atoms with Crippen molar-refractivity contribution in [1.29, 1.82) is 0 Å². The molecular formula is C12H18N2O4S3. The Bertz CT molecular complexity index is 736. The van der Waals surface area contributed by atoms with E-state index in [-0.39, 0.29) is 14.5 Å². The lowest BCUT2D eigenvalue weighted by atomic mass is 10.1. The monoisotopic (exact) mass is 350 g/mol. The lowest BCUT2D eigenvalue weighted by molar-refractivity contribution is 0.247. The molecular weight excluding hydrogens is 332 g/mol. The largest absolute Gasteiger partial charge is 0.293 e. The Morgan fingerprint density at radius 1 is 1.48 bits per heavy atom. The number of nitrogens with two attached hydrogens (primary N) is 1. The molecule has 2 N–H and O–H groups in total. The van der Waals surface area contributed by atoms with E-state index in [4.69, 9.17) is 5.14 Å². The minimum atomic E-state index is -3.90. The van der Waals surface area contributed by atoms with E-state index in [1.165, 1.54) is 0 Å². The number of sulfone groups is 1. The third-order valence-corrected chi connectivity index (χ3v) is 9.58. The summed E-state index contributed by atoms with van der Waals surface area (Å²) >= 11 is 0.818. The van der Waals surface area contributed by atoms with Gasteiger partial charge >= 0.3 is 0 Å². The molecule has 9 heteroatoms. The molecule has 0 aromatic heterocycles. The van der Waals surface area contributed by atoms with Gasteiger partial charge in [-0.25, -0.2) is 22.0 Å². The molecule has 21 heavy (non-hydrogen) atoms. The van der Waals surface area contributed by atoms with E-state index in [1.54, 1.807) is 6.08 Å². The van der Waals surface area contributed by atoms with Gasteiger partial charge in [0, 0.05) is 12.6 Å². The lowest BCUT2D eigenvalue weighted by Gasteiger charge is -2.32. The highest BCUT2D eigenvalue weighted by Gasteiger charge is 2.47. The highest BCUT2D eigenvalue weighted by molar-refractivity contribution is 8.27. The van der Waals surface area contributed by atoms with Crippen molar-refractivity contribution in [3.05, 3.63) is 20.1 Å². The van der Waals surface area contributed by atoms with Gasteiger partial charge in [-0.15, -0.1) is 0 Å². The Morgan fingerprint density at radius 3 is 2.81 bits per heavy atom. The van der Waals surface area contributed by atoms with Crippen LogP contribution >= 0.6 is 11.8 Å². The van der Waals surface area contributed by atoms with Crippen LogP contribution in [0, 0.1) is 0 Å². The average molecular weight is 350 g/mol. The maximum Gasteiger partial charge on any atom is 0.244 e. The molecule has 2 unspecified atom stereocenters. The van der Waals surface area contributed by atoms with Gasteiger partial charge in [-0.05, 0) is 37.5 Å². The third-order valence-electron chi connectivity index (χ3n) is 4.14. The van der Waals surface area contributed by atoms with Crippen molar-refractivity contribution in [3.63, 3.8) is 0 Å². The number of hydrogen-bond donors (Lipinski definition) is 1. The summed E-state index contributed by atoms with van der Waals surface area (Å²) in [6, 6.07) is -0.190. The molecule has 0 radical (unpaired) electrons. The van der Waals surface area contributed by atoms with Gasteiger partial charge in [0.25, 0.3) is 0 Å². The highest BCUT2D eigenvalue weighted by atomic mass is 32.3. The van der Waals surface area contributed by atoms with Crippen LogP contribution in [-0.4, -0.2) is 46.1 Å². The summed E-state index contributed by atoms with van der Waals surface area (Å²) in [6.45, 7) is 3.47. The number of nitrogens with zero attached hydrogens (tertiary/aromatic N) is 1. The van der Waals surface area contributed by atoms with Gasteiger partial charge in [0.05, 0.1) is 5.25 Å². The number of primary sulfonamides is 1. The van der Waals surface area contributed by atoms with Crippen LogP contribution in [0.5, 0.6) is 0 Å². The summed E-state index contributed by atoms with van der Waals surface area (Å²) in [6.07, 6.45) is 3.53. The molecule has 4 bridgehead atoms. The van der Waals surface area contributed by atoms with E-state index in [9.17, 15) is 16.8 Å². The van der Waals surface area contributed by atoms with Gasteiger partial charge in [-0.3, -0.25) is 4.90 Å². The van der Waals surface area contributed by atoms with Crippen molar-refractivity contribution in [1.82, 2.24) is 4.90 Å². The van der Waals surface area contributed by atoms with E-state index >= 15 is 0 Å². The van der Waals surface area contributed by atoms with Crippen LogP contribution in [0.4, 0.5) is 0 Å². The van der Waals surface area contributed by atoms with Crippen LogP contribution in [-0.2, 0) is 19.9 Å². The number of thioether (sulfide) groups is 1. The Hall–Kier alpha value is -0.350. The number of hydrogen-bond acceptors (Lipinski definition) is 6. The van der Waals surface area contributed by atoms with Crippen molar-refractivity contribution in [3.8, 4) is 0 Å². The predicted molar refractivity (Wildman–Crippen MR) is 83.4 cm³/mol. The first kappa shape index (κ1) is 15.5. The van der Waals surface area contributed by atoms with Gasteiger partial charge in [0.15, 0.2) is 9.84 Å². The molecule has 4 aliphatic rings. The van der Waals surface area contributed by atoms with Crippen LogP contribution in [0.25, 0.3) is 0 Å². The van der Waals surface area contributed by atoms with Crippen molar-refractivity contribution in [2.45, 2.75) is 37.5 Å². The van der Waals surface area contributed by atoms with Gasteiger partial charge in [0.2, 0.25) is 10.0 Å². The molecule has 4 heterocycles. The van der Waals surface area contributed by atoms with Crippen LogP contribution < -0.4 is 5.14 Å². The minimum Gasteiger partial charge on any atom is -0.293 e. The second-order valence-electron chi connectivity index (χ2n) is 5.67. The lowest BCUT2D eigenvalue weighted by Crippen LogP contribution is -2.39. The smallest absolute Gasteiger partial charge is 0.244 e. The molecule has 4 aliphatic heterocycles. The van der Waals surface area contributed by atoms with E-state index < -0.39 is 25.1 Å². The summed E-state index contributed by atoms with van der Waals surface area (Å²) in [4.78, 5) is 2.16. The molecule has 0 aromatic rings. The minimum absolute atomic E-state index is 0.0373. The Balaban J connectivity index is 2.17. The molecule has 1 saturated heterocycles. The average Bonchev–Trinajstić information content (AvgIpc) is 2.48. The van der Waals surface area contributed by atoms with Crippen LogP contribution in [0.2, 0.25) is 0 Å². The van der Waals surface area contributed by atoms with Crippen molar-refractivity contribution >= 4 is 31.6 Å². The zero-order chi connectivity index (χ0) is 15.4. The topological polar surface area (TPSA) is 97.5 Å². The highest BCUT2D eigenvalue weighted by Crippen LogP contribution is 2.49. The van der Waals surface area contributed by atoms with Gasteiger partial charge < -0.3 is 0 Å². The molecule has 6 nitrogen and oxygen atoms in total. The standard InChI is InChI=1S/C12H18N2O4S3/c1-2-3-14-7-8-4-10-5-9(14)6-11(21(13,17)18)19-12(8)20(10,15)16/h6,9-10H,2-5,7H2,1H3,(H2,13,17,18)/b11-6+. The summed E-state index contributed by atoms with van der Waals surface area (Å²) in [7, 11) is -7.30. The Morgan fingerprint density at radius 2 is 2.19 bits per heavy atom. The second kappa shape index (κ2) is 5.09. The fourth-order valence-corrected chi connectivity index (χ4v) is 8.00. The van der Waals surface area contributed by atoms with Gasteiger partial charge in [-0.1, -0.05) is 18.7 Å². The van der Waals surface area contributed by atoms with Gasteiger partial charge in [-0.2, -0.15) is 0 Å². The zero-order valence-electron chi connectivity index (χ0n) is 11.6. The van der Waals surface area contributed by atoms with Crippen LogP contribution in [0.3, 0.4) is 0 Å². The first-order valence-electron chi connectivity index (χ1n) is 6.86. The van der Waals surface area contributed by atoms with E-state index in [0.29, 0.717) is 19.4 Å². The van der Waals surface area contributed by atoms with E-state index in [1.807, 2.05) is 0 Å². The number of sulfonamides is 1.